The Labute approximate surface area is 117 Å². The Morgan fingerprint density at radius 3 is 2.42 bits per heavy atom. The molecule has 1 N–H and O–H groups in total. The van der Waals surface area contributed by atoms with E-state index in [-0.39, 0.29) is 16.3 Å². The Morgan fingerprint density at radius 1 is 1.26 bits per heavy atom. The lowest BCUT2D eigenvalue weighted by atomic mass is 10.3. The van der Waals surface area contributed by atoms with Crippen LogP contribution in [0.4, 0.5) is 19.0 Å². The van der Waals surface area contributed by atoms with Crippen molar-refractivity contribution in [1.82, 2.24) is 9.97 Å². The van der Waals surface area contributed by atoms with Crippen molar-refractivity contribution < 1.29 is 21.6 Å². The molecule has 0 atom stereocenters. The van der Waals surface area contributed by atoms with E-state index in [1.807, 2.05) is 4.72 Å². The molecule has 1 aromatic heterocycles. The SMILES string of the molecule is O=S(=O)(CCCC(F)(F)F)Nc1cc(Cl)nc(Cl)n1. The summed E-state index contributed by atoms with van der Waals surface area (Å²) in [5, 5.41) is -0.367. The monoisotopic (exact) mass is 337 g/mol. The normalized spacial score (nSPS) is 12.5. The molecule has 0 aliphatic carbocycles. The molecule has 0 aliphatic rings. The summed E-state index contributed by atoms with van der Waals surface area (Å²) in [6.45, 7) is 0. The predicted molar refractivity (Wildman–Crippen MR) is 64.8 cm³/mol. The average molecular weight is 338 g/mol. The van der Waals surface area contributed by atoms with Crippen LogP contribution in [0.2, 0.25) is 10.4 Å². The lowest BCUT2D eigenvalue weighted by Gasteiger charge is -2.08. The van der Waals surface area contributed by atoms with Gasteiger partial charge in [0, 0.05) is 12.5 Å². The number of anilines is 1. The molecule has 0 aliphatic heterocycles. The molecule has 108 valence electrons. The first-order valence-corrected chi connectivity index (χ1v) is 7.25. The fourth-order valence-corrected chi connectivity index (χ4v) is 2.57. The number of rotatable bonds is 5. The van der Waals surface area contributed by atoms with Crippen molar-refractivity contribution in [3.05, 3.63) is 16.5 Å². The zero-order valence-corrected chi connectivity index (χ0v) is 11.5. The van der Waals surface area contributed by atoms with Crippen LogP contribution in [0.1, 0.15) is 12.8 Å². The molecule has 0 saturated carbocycles. The van der Waals surface area contributed by atoms with Gasteiger partial charge < -0.3 is 0 Å². The summed E-state index contributed by atoms with van der Waals surface area (Å²) in [4.78, 5) is 7.03. The summed E-state index contributed by atoms with van der Waals surface area (Å²) >= 11 is 11.0. The molecule has 1 heterocycles. The Hall–Kier alpha value is -0.800. The molecule has 1 rings (SSSR count). The first-order chi connectivity index (χ1) is 8.57. The second kappa shape index (κ2) is 6.10. The van der Waals surface area contributed by atoms with Gasteiger partial charge in [-0.15, -0.1) is 0 Å². The van der Waals surface area contributed by atoms with Crippen LogP contribution in [-0.2, 0) is 10.0 Å². The maximum absolute atomic E-state index is 11.9. The van der Waals surface area contributed by atoms with Crippen LogP contribution in [0.3, 0.4) is 0 Å². The van der Waals surface area contributed by atoms with E-state index in [1.165, 1.54) is 0 Å². The van der Waals surface area contributed by atoms with Gasteiger partial charge >= 0.3 is 6.18 Å². The Bertz CT molecular complexity index is 530. The number of hydrogen-bond donors (Lipinski definition) is 1. The first kappa shape index (κ1) is 16.3. The Morgan fingerprint density at radius 2 is 1.89 bits per heavy atom. The molecule has 11 heteroatoms. The molecule has 0 fully saturated rings. The Kier molecular flexibility index (Phi) is 5.22. The van der Waals surface area contributed by atoms with Crippen LogP contribution >= 0.6 is 23.2 Å². The molecular weight excluding hydrogens is 330 g/mol. The summed E-state index contributed by atoms with van der Waals surface area (Å²) in [6.07, 6.45) is -6.12. The molecule has 5 nitrogen and oxygen atoms in total. The van der Waals surface area contributed by atoms with E-state index in [1.54, 1.807) is 0 Å². The molecule has 1 aromatic rings. The first-order valence-electron chi connectivity index (χ1n) is 4.85. The van der Waals surface area contributed by atoms with Crippen LogP contribution in [0.15, 0.2) is 6.07 Å². The van der Waals surface area contributed by atoms with Crippen molar-refractivity contribution in [1.29, 1.82) is 0 Å². The minimum Gasteiger partial charge on any atom is -0.267 e. The van der Waals surface area contributed by atoms with Gasteiger partial charge in [0.1, 0.15) is 11.0 Å². The van der Waals surface area contributed by atoms with E-state index in [9.17, 15) is 21.6 Å². The van der Waals surface area contributed by atoms with E-state index in [4.69, 9.17) is 23.2 Å². The third-order valence-corrected chi connectivity index (χ3v) is 3.51. The lowest BCUT2D eigenvalue weighted by Crippen LogP contribution is -2.19. The van der Waals surface area contributed by atoms with E-state index in [2.05, 4.69) is 9.97 Å². The summed E-state index contributed by atoms with van der Waals surface area (Å²) in [5.74, 6) is -0.886. The number of alkyl halides is 3. The van der Waals surface area contributed by atoms with E-state index < -0.39 is 34.8 Å². The average Bonchev–Trinajstić information content (AvgIpc) is 2.11. The molecule has 19 heavy (non-hydrogen) atoms. The number of halogens is 5. The van der Waals surface area contributed by atoms with Gasteiger partial charge in [-0.3, -0.25) is 4.72 Å². The third-order valence-electron chi connectivity index (χ3n) is 1.80. The maximum Gasteiger partial charge on any atom is 0.389 e. The molecule has 0 saturated heterocycles. The highest BCUT2D eigenvalue weighted by Gasteiger charge is 2.27. The highest BCUT2D eigenvalue weighted by molar-refractivity contribution is 7.92. The van der Waals surface area contributed by atoms with Crippen molar-refractivity contribution >= 4 is 39.0 Å². The Balaban J connectivity index is 2.64. The minimum absolute atomic E-state index is 0.0898. The molecule has 0 bridgehead atoms. The van der Waals surface area contributed by atoms with Gasteiger partial charge in [-0.2, -0.15) is 18.2 Å². The summed E-state index contributed by atoms with van der Waals surface area (Å²) in [7, 11) is -3.95. The number of nitrogens with one attached hydrogen (secondary N) is 1. The second-order valence-corrected chi connectivity index (χ2v) is 6.05. The van der Waals surface area contributed by atoms with Gasteiger partial charge in [0.05, 0.1) is 5.75 Å². The standard InChI is InChI=1S/C8H8Cl2F3N3O2S/c9-5-4-6(15-7(10)14-5)16-19(17,18)3-1-2-8(11,12)13/h4H,1-3H2,(H,14,15,16). The van der Waals surface area contributed by atoms with Gasteiger partial charge in [0.15, 0.2) is 0 Å². The van der Waals surface area contributed by atoms with Gasteiger partial charge in [-0.05, 0) is 18.0 Å². The summed E-state index contributed by atoms with van der Waals surface area (Å²) in [6, 6.07) is 1.09. The fraction of sp³-hybridized carbons (Fsp3) is 0.500. The fourth-order valence-electron chi connectivity index (χ4n) is 1.12. The largest absolute Gasteiger partial charge is 0.389 e. The zero-order valence-electron chi connectivity index (χ0n) is 9.21. The van der Waals surface area contributed by atoms with Crippen LogP contribution in [0.25, 0.3) is 0 Å². The van der Waals surface area contributed by atoms with Crippen LogP contribution < -0.4 is 4.72 Å². The molecular formula is C8H8Cl2F3N3O2S. The number of sulfonamides is 1. The van der Waals surface area contributed by atoms with Crippen molar-refractivity contribution in [2.24, 2.45) is 0 Å². The number of nitrogens with zero attached hydrogens (tertiary/aromatic N) is 2. The van der Waals surface area contributed by atoms with E-state index in [0.717, 1.165) is 6.07 Å². The van der Waals surface area contributed by atoms with E-state index >= 15 is 0 Å². The van der Waals surface area contributed by atoms with Crippen LogP contribution in [0.5, 0.6) is 0 Å². The molecule has 0 radical (unpaired) electrons. The molecule has 0 unspecified atom stereocenters. The van der Waals surface area contributed by atoms with Crippen molar-refractivity contribution in [2.45, 2.75) is 19.0 Å². The highest BCUT2D eigenvalue weighted by atomic mass is 35.5. The second-order valence-electron chi connectivity index (χ2n) is 3.48. The van der Waals surface area contributed by atoms with E-state index in [0.29, 0.717) is 0 Å². The third kappa shape index (κ3) is 6.79. The van der Waals surface area contributed by atoms with Gasteiger partial charge in [-0.25, -0.2) is 13.4 Å². The van der Waals surface area contributed by atoms with Crippen LogP contribution in [-0.4, -0.2) is 30.3 Å². The molecule has 0 spiro atoms. The minimum atomic E-state index is -4.39. The number of aromatic nitrogens is 2. The zero-order chi connectivity index (χ0) is 14.7. The van der Waals surface area contributed by atoms with Crippen molar-refractivity contribution in [3.8, 4) is 0 Å². The predicted octanol–water partition coefficient (Wildman–Crippen LogP) is 2.87. The van der Waals surface area contributed by atoms with Gasteiger partial charge in [0.2, 0.25) is 15.3 Å². The lowest BCUT2D eigenvalue weighted by molar-refractivity contribution is -0.134. The quantitative estimate of drug-likeness (QED) is 0.662. The smallest absolute Gasteiger partial charge is 0.267 e. The van der Waals surface area contributed by atoms with Crippen LogP contribution in [0, 0.1) is 0 Å². The molecule has 0 amide bonds. The maximum atomic E-state index is 11.9. The van der Waals surface area contributed by atoms with Gasteiger partial charge in [0.25, 0.3) is 0 Å². The molecule has 0 aromatic carbocycles. The topological polar surface area (TPSA) is 72.0 Å². The summed E-state index contributed by atoms with van der Waals surface area (Å²) in [5.41, 5.74) is 0. The van der Waals surface area contributed by atoms with Crippen molar-refractivity contribution in [3.63, 3.8) is 0 Å². The summed E-state index contributed by atoms with van der Waals surface area (Å²) < 4.78 is 60.6. The van der Waals surface area contributed by atoms with Gasteiger partial charge in [-0.1, -0.05) is 11.6 Å². The number of hydrogen-bond acceptors (Lipinski definition) is 4. The highest BCUT2D eigenvalue weighted by Crippen LogP contribution is 2.22. The van der Waals surface area contributed by atoms with Crippen molar-refractivity contribution in [2.75, 3.05) is 10.5 Å².